The summed E-state index contributed by atoms with van der Waals surface area (Å²) in [4.78, 5) is 7.73. The number of nitrogens with zero attached hydrogens (tertiary/aromatic N) is 2. The molecule has 0 amide bonds. The number of aliphatic hydroxyl groups is 1. The number of methoxy groups -OCH3 is 1. The van der Waals surface area contributed by atoms with Gasteiger partial charge in [0.1, 0.15) is 6.10 Å². The van der Waals surface area contributed by atoms with E-state index >= 15 is 0 Å². The third-order valence-electron chi connectivity index (χ3n) is 1.37. The fourth-order valence-corrected chi connectivity index (χ4v) is 0.690. The molecule has 0 aliphatic rings. The summed E-state index contributed by atoms with van der Waals surface area (Å²) in [5, 5.41) is 9.21. The van der Waals surface area contributed by atoms with E-state index in [0.717, 1.165) is 0 Å². The Morgan fingerprint density at radius 1 is 1.58 bits per heavy atom. The van der Waals surface area contributed by atoms with Crippen LogP contribution in [0, 0.1) is 0 Å². The Kier molecular flexibility index (Phi) is 2.76. The molecule has 1 heterocycles. The fraction of sp³-hybridized carbons (Fsp3) is 0.250. The van der Waals surface area contributed by atoms with Gasteiger partial charge in [0, 0.05) is 0 Å². The van der Waals surface area contributed by atoms with Crippen LogP contribution in [-0.2, 0) is 0 Å². The van der Waals surface area contributed by atoms with Gasteiger partial charge in [-0.3, -0.25) is 0 Å². The van der Waals surface area contributed by atoms with Crippen LogP contribution in [0.15, 0.2) is 25.0 Å². The van der Waals surface area contributed by atoms with Gasteiger partial charge >= 0.3 is 0 Å². The van der Waals surface area contributed by atoms with Crippen molar-refractivity contribution in [1.82, 2.24) is 9.97 Å². The van der Waals surface area contributed by atoms with Crippen LogP contribution >= 0.6 is 0 Å². The Balaban J connectivity index is 2.84. The summed E-state index contributed by atoms with van der Waals surface area (Å²) in [6.07, 6.45) is 3.54. The molecule has 1 rings (SSSR count). The highest BCUT2D eigenvalue weighted by Gasteiger charge is 2.04. The smallest absolute Gasteiger partial charge is 0.161 e. The van der Waals surface area contributed by atoms with Crippen LogP contribution in [0.5, 0.6) is 5.75 Å². The van der Waals surface area contributed by atoms with Gasteiger partial charge in [0.15, 0.2) is 11.6 Å². The van der Waals surface area contributed by atoms with Crippen LogP contribution in [-0.4, -0.2) is 22.2 Å². The molecule has 0 aliphatic carbocycles. The molecule has 0 radical (unpaired) electrons. The van der Waals surface area contributed by atoms with Gasteiger partial charge in [-0.25, -0.2) is 9.97 Å². The second-order valence-electron chi connectivity index (χ2n) is 2.16. The maximum Gasteiger partial charge on any atom is 0.161 e. The minimum absolute atomic E-state index is 0.325. The van der Waals surface area contributed by atoms with Crippen molar-refractivity contribution >= 4 is 0 Å². The Labute approximate surface area is 70.5 Å². The molecular formula is C8H10N2O2. The van der Waals surface area contributed by atoms with E-state index in [4.69, 9.17) is 4.74 Å². The molecule has 1 atom stereocenters. The van der Waals surface area contributed by atoms with Crippen molar-refractivity contribution in [3.63, 3.8) is 0 Å². The van der Waals surface area contributed by atoms with Crippen LogP contribution in [0.4, 0.5) is 0 Å². The Bertz CT molecular complexity index is 258. The SMILES string of the molecule is C=CC(O)c1ncc(OC)cn1. The van der Waals surface area contributed by atoms with E-state index in [0.29, 0.717) is 11.6 Å². The topological polar surface area (TPSA) is 55.2 Å². The molecular weight excluding hydrogens is 156 g/mol. The van der Waals surface area contributed by atoms with Gasteiger partial charge in [0.25, 0.3) is 0 Å². The minimum Gasteiger partial charge on any atom is -0.494 e. The molecule has 1 unspecified atom stereocenters. The normalized spacial score (nSPS) is 12.2. The van der Waals surface area contributed by atoms with Gasteiger partial charge in [-0.2, -0.15) is 0 Å². The summed E-state index contributed by atoms with van der Waals surface area (Å²) >= 11 is 0. The number of ether oxygens (including phenoxy) is 1. The highest BCUT2D eigenvalue weighted by atomic mass is 16.5. The summed E-state index contributed by atoms with van der Waals surface area (Å²) in [5.74, 6) is 0.890. The second kappa shape index (κ2) is 3.82. The molecule has 12 heavy (non-hydrogen) atoms. The zero-order valence-electron chi connectivity index (χ0n) is 6.77. The molecule has 0 aliphatic heterocycles. The first-order valence-electron chi connectivity index (χ1n) is 3.44. The van der Waals surface area contributed by atoms with Gasteiger partial charge in [-0.15, -0.1) is 6.58 Å². The van der Waals surface area contributed by atoms with Crippen LogP contribution < -0.4 is 4.74 Å². The predicted octanol–water partition coefficient (Wildman–Crippen LogP) is 0.705. The highest BCUT2D eigenvalue weighted by Crippen LogP contribution is 2.10. The lowest BCUT2D eigenvalue weighted by molar-refractivity contribution is 0.218. The number of hydrogen-bond acceptors (Lipinski definition) is 4. The minimum atomic E-state index is -0.809. The molecule has 0 saturated heterocycles. The lowest BCUT2D eigenvalue weighted by Crippen LogP contribution is -2.00. The van der Waals surface area contributed by atoms with E-state index < -0.39 is 6.10 Å². The first-order chi connectivity index (χ1) is 5.77. The van der Waals surface area contributed by atoms with Crippen molar-refractivity contribution in [2.45, 2.75) is 6.10 Å². The van der Waals surface area contributed by atoms with Crippen LogP contribution in [0.25, 0.3) is 0 Å². The zero-order chi connectivity index (χ0) is 8.97. The third kappa shape index (κ3) is 1.79. The summed E-state index contributed by atoms with van der Waals surface area (Å²) in [7, 11) is 1.53. The van der Waals surface area contributed by atoms with E-state index in [-0.39, 0.29) is 0 Å². The molecule has 0 fully saturated rings. The third-order valence-corrected chi connectivity index (χ3v) is 1.37. The zero-order valence-corrected chi connectivity index (χ0v) is 6.77. The molecule has 0 aromatic carbocycles. The maximum atomic E-state index is 9.21. The molecule has 0 bridgehead atoms. The van der Waals surface area contributed by atoms with Crippen molar-refractivity contribution in [2.24, 2.45) is 0 Å². The Morgan fingerprint density at radius 3 is 2.58 bits per heavy atom. The quantitative estimate of drug-likeness (QED) is 0.672. The van der Waals surface area contributed by atoms with Crippen LogP contribution in [0.1, 0.15) is 11.9 Å². The predicted molar refractivity (Wildman–Crippen MR) is 43.7 cm³/mol. The number of hydrogen-bond donors (Lipinski definition) is 1. The lowest BCUT2D eigenvalue weighted by atomic mass is 10.3. The largest absolute Gasteiger partial charge is 0.494 e. The van der Waals surface area contributed by atoms with Crippen molar-refractivity contribution in [1.29, 1.82) is 0 Å². The molecule has 1 aromatic rings. The Hall–Kier alpha value is -1.42. The molecule has 1 aromatic heterocycles. The van der Waals surface area contributed by atoms with E-state index in [9.17, 15) is 5.11 Å². The molecule has 1 N–H and O–H groups in total. The van der Waals surface area contributed by atoms with E-state index in [1.165, 1.54) is 25.6 Å². The van der Waals surface area contributed by atoms with E-state index in [1.807, 2.05) is 0 Å². The summed E-state index contributed by atoms with van der Waals surface area (Å²) in [6, 6.07) is 0. The summed E-state index contributed by atoms with van der Waals surface area (Å²) in [6.45, 7) is 3.42. The number of rotatable bonds is 3. The van der Waals surface area contributed by atoms with E-state index in [2.05, 4.69) is 16.5 Å². The molecule has 0 spiro atoms. The van der Waals surface area contributed by atoms with Gasteiger partial charge < -0.3 is 9.84 Å². The first-order valence-corrected chi connectivity index (χ1v) is 3.44. The van der Waals surface area contributed by atoms with Crippen LogP contribution in [0.2, 0.25) is 0 Å². The molecule has 4 nitrogen and oxygen atoms in total. The highest BCUT2D eigenvalue weighted by molar-refractivity contribution is 5.13. The lowest BCUT2D eigenvalue weighted by Gasteiger charge is -2.03. The van der Waals surface area contributed by atoms with Crippen molar-refractivity contribution in [2.75, 3.05) is 7.11 Å². The first kappa shape index (κ1) is 8.67. The van der Waals surface area contributed by atoms with Crippen molar-refractivity contribution < 1.29 is 9.84 Å². The van der Waals surface area contributed by atoms with Gasteiger partial charge in [0.05, 0.1) is 19.5 Å². The van der Waals surface area contributed by atoms with Gasteiger partial charge in [-0.1, -0.05) is 6.08 Å². The van der Waals surface area contributed by atoms with Gasteiger partial charge in [-0.05, 0) is 0 Å². The summed E-state index contributed by atoms with van der Waals surface area (Å²) in [5.41, 5.74) is 0. The maximum absolute atomic E-state index is 9.21. The fourth-order valence-electron chi connectivity index (χ4n) is 0.690. The molecule has 64 valence electrons. The van der Waals surface area contributed by atoms with E-state index in [1.54, 1.807) is 0 Å². The monoisotopic (exact) mass is 166 g/mol. The molecule has 0 saturated carbocycles. The Morgan fingerprint density at radius 2 is 2.17 bits per heavy atom. The average Bonchev–Trinajstić information content (AvgIpc) is 2.17. The molecule has 4 heteroatoms. The standard InChI is InChI=1S/C8H10N2O2/c1-3-7(11)8-9-4-6(12-2)5-10-8/h3-5,7,11H,1H2,2H3. The number of aliphatic hydroxyl groups excluding tert-OH is 1. The summed E-state index contributed by atoms with van der Waals surface area (Å²) < 4.78 is 4.85. The average molecular weight is 166 g/mol. The van der Waals surface area contributed by atoms with Crippen molar-refractivity contribution in [3.8, 4) is 5.75 Å². The van der Waals surface area contributed by atoms with Crippen molar-refractivity contribution in [3.05, 3.63) is 30.9 Å². The van der Waals surface area contributed by atoms with Crippen LogP contribution in [0.3, 0.4) is 0 Å². The number of aromatic nitrogens is 2. The van der Waals surface area contributed by atoms with Gasteiger partial charge in [0.2, 0.25) is 0 Å². The second-order valence-corrected chi connectivity index (χ2v) is 2.16.